The summed E-state index contributed by atoms with van der Waals surface area (Å²) >= 11 is 0. The molecule has 0 radical (unpaired) electrons. The van der Waals surface area contributed by atoms with Crippen molar-refractivity contribution in [3.8, 4) is 0 Å². The van der Waals surface area contributed by atoms with Gasteiger partial charge in [-0.1, -0.05) is 32.9 Å². The predicted octanol–water partition coefficient (Wildman–Crippen LogP) is 2.78. The zero-order valence-electron chi connectivity index (χ0n) is 10.6. The standard InChI is InChI=1S/C13H15NO4/c1-13(2,3)12(16)8-11(15)9-5-4-6-10(7-9)14(17)18/h4-7H,8H2,1-3H3. The molecule has 0 amide bonds. The van der Waals surface area contributed by atoms with Gasteiger partial charge in [-0.25, -0.2) is 0 Å². The number of rotatable bonds is 4. The van der Waals surface area contributed by atoms with E-state index in [9.17, 15) is 19.7 Å². The Bertz CT molecular complexity index is 500. The molecule has 5 nitrogen and oxygen atoms in total. The van der Waals surface area contributed by atoms with Crippen molar-refractivity contribution in [3.63, 3.8) is 0 Å². The van der Waals surface area contributed by atoms with Gasteiger partial charge in [0.1, 0.15) is 5.78 Å². The molecule has 0 aliphatic rings. The maximum atomic E-state index is 11.8. The maximum Gasteiger partial charge on any atom is 0.270 e. The van der Waals surface area contributed by atoms with Gasteiger partial charge in [0.15, 0.2) is 5.78 Å². The minimum Gasteiger partial charge on any atom is -0.299 e. The fourth-order valence-corrected chi connectivity index (χ4v) is 1.31. The molecular formula is C13H15NO4. The van der Waals surface area contributed by atoms with Crippen molar-refractivity contribution in [3.05, 3.63) is 39.9 Å². The Kier molecular flexibility index (Phi) is 3.96. The van der Waals surface area contributed by atoms with Gasteiger partial charge in [-0.05, 0) is 0 Å². The van der Waals surface area contributed by atoms with Crippen LogP contribution in [0.1, 0.15) is 37.6 Å². The van der Waals surface area contributed by atoms with Gasteiger partial charge >= 0.3 is 0 Å². The quantitative estimate of drug-likeness (QED) is 0.356. The van der Waals surface area contributed by atoms with Crippen LogP contribution in [0.25, 0.3) is 0 Å². The molecule has 0 bridgehead atoms. The number of non-ortho nitro benzene ring substituents is 1. The minimum atomic E-state index is -0.587. The lowest BCUT2D eigenvalue weighted by molar-refractivity contribution is -0.384. The van der Waals surface area contributed by atoms with E-state index >= 15 is 0 Å². The number of Topliss-reactive ketones (excluding diaryl/α,β-unsaturated/α-hetero) is 2. The number of nitrogens with zero attached hydrogens (tertiary/aromatic N) is 1. The fraction of sp³-hybridized carbons (Fsp3) is 0.385. The topological polar surface area (TPSA) is 77.3 Å². The Morgan fingerprint density at radius 1 is 1.28 bits per heavy atom. The number of benzene rings is 1. The second-order valence-corrected chi connectivity index (χ2v) is 5.08. The molecule has 1 aromatic carbocycles. The summed E-state index contributed by atoms with van der Waals surface area (Å²) in [5.74, 6) is -0.572. The molecule has 0 aliphatic heterocycles. The third-order valence-corrected chi connectivity index (χ3v) is 2.54. The number of carbonyl (C=O) groups excluding carboxylic acids is 2. The van der Waals surface area contributed by atoms with Crippen LogP contribution in [0.2, 0.25) is 0 Å². The van der Waals surface area contributed by atoms with E-state index in [2.05, 4.69) is 0 Å². The second-order valence-electron chi connectivity index (χ2n) is 5.08. The highest BCUT2D eigenvalue weighted by Crippen LogP contribution is 2.20. The number of carbonyl (C=O) groups is 2. The lowest BCUT2D eigenvalue weighted by Gasteiger charge is -2.15. The Labute approximate surface area is 105 Å². The molecule has 1 aromatic rings. The van der Waals surface area contributed by atoms with Gasteiger partial charge in [0.25, 0.3) is 5.69 Å². The smallest absolute Gasteiger partial charge is 0.270 e. The third kappa shape index (κ3) is 3.48. The second kappa shape index (κ2) is 5.08. The van der Waals surface area contributed by atoms with Crippen molar-refractivity contribution in [2.24, 2.45) is 5.41 Å². The van der Waals surface area contributed by atoms with E-state index in [1.165, 1.54) is 24.3 Å². The molecular weight excluding hydrogens is 234 g/mol. The highest BCUT2D eigenvalue weighted by molar-refractivity contribution is 6.09. The van der Waals surface area contributed by atoms with Crippen LogP contribution in [-0.2, 0) is 4.79 Å². The number of ketones is 2. The average Bonchev–Trinajstić information content (AvgIpc) is 2.27. The summed E-state index contributed by atoms with van der Waals surface area (Å²) in [5, 5.41) is 10.6. The van der Waals surface area contributed by atoms with Crippen molar-refractivity contribution >= 4 is 17.3 Å². The van der Waals surface area contributed by atoms with Crippen LogP contribution in [0.4, 0.5) is 5.69 Å². The summed E-state index contributed by atoms with van der Waals surface area (Å²) in [7, 11) is 0. The molecule has 0 unspecified atom stereocenters. The van der Waals surface area contributed by atoms with Crippen LogP contribution < -0.4 is 0 Å². The number of hydrogen-bond acceptors (Lipinski definition) is 4. The van der Waals surface area contributed by atoms with Crippen LogP contribution in [0, 0.1) is 15.5 Å². The Balaban J connectivity index is 2.89. The van der Waals surface area contributed by atoms with Gasteiger partial charge in [-0.15, -0.1) is 0 Å². The van der Waals surface area contributed by atoms with Crippen molar-refractivity contribution < 1.29 is 14.5 Å². The molecule has 0 saturated heterocycles. The fourth-order valence-electron chi connectivity index (χ4n) is 1.31. The highest BCUT2D eigenvalue weighted by atomic mass is 16.6. The number of hydrogen-bond donors (Lipinski definition) is 0. The molecule has 0 heterocycles. The zero-order valence-corrected chi connectivity index (χ0v) is 10.6. The van der Waals surface area contributed by atoms with Crippen LogP contribution >= 0.6 is 0 Å². The third-order valence-electron chi connectivity index (χ3n) is 2.54. The van der Waals surface area contributed by atoms with Gasteiger partial charge in [-0.2, -0.15) is 0 Å². The average molecular weight is 249 g/mol. The van der Waals surface area contributed by atoms with Crippen LogP contribution in [-0.4, -0.2) is 16.5 Å². The molecule has 0 atom stereocenters. The molecule has 0 aromatic heterocycles. The largest absolute Gasteiger partial charge is 0.299 e. The Morgan fingerprint density at radius 3 is 2.39 bits per heavy atom. The molecule has 0 aliphatic carbocycles. The zero-order chi connectivity index (χ0) is 13.9. The normalized spacial score (nSPS) is 11.1. The first-order chi connectivity index (χ1) is 8.21. The summed E-state index contributed by atoms with van der Waals surface area (Å²) in [6.07, 6.45) is -0.231. The van der Waals surface area contributed by atoms with E-state index in [1.807, 2.05) is 0 Å². The van der Waals surface area contributed by atoms with E-state index in [1.54, 1.807) is 20.8 Å². The van der Waals surface area contributed by atoms with Gasteiger partial charge in [0, 0.05) is 23.1 Å². The van der Waals surface area contributed by atoms with Crippen molar-refractivity contribution in [2.75, 3.05) is 0 Å². The molecule has 5 heteroatoms. The Hall–Kier alpha value is -2.04. The van der Waals surface area contributed by atoms with Gasteiger partial charge < -0.3 is 0 Å². The van der Waals surface area contributed by atoms with Crippen LogP contribution in [0.5, 0.6) is 0 Å². The van der Waals surface area contributed by atoms with Gasteiger partial charge in [0.05, 0.1) is 11.3 Å². The summed E-state index contributed by atoms with van der Waals surface area (Å²) in [5.41, 5.74) is -0.540. The first-order valence-corrected chi connectivity index (χ1v) is 5.53. The van der Waals surface area contributed by atoms with Crippen molar-refractivity contribution in [1.29, 1.82) is 0 Å². The molecule has 0 fully saturated rings. The summed E-state index contributed by atoms with van der Waals surface area (Å²) in [4.78, 5) is 33.6. The van der Waals surface area contributed by atoms with Crippen molar-refractivity contribution in [2.45, 2.75) is 27.2 Å². The van der Waals surface area contributed by atoms with Crippen LogP contribution in [0.3, 0.4) is 0 Å². The molecule has 18 heavy (non-hydrogen) atoms. The molecule has 0 spiro atoms. The number of nitro benzene ring substituents is 1. The lowest BCUT2D eigenvalue weighted by Crippen LogP contribution is -2.23. The lowest BCUT2D eigenvalue weighted by atomic mass is 9.87. The van der Waals surface area contributed by atoms with E-state index in [0.717, 1.165) is 0 Å². The van der Waals surface area contributed by atoms with E-state index in [4.69, 9.17) is 0 Å². The summed E-state index contributed by atoms with van der Waals surface area (Å²) in [6.45, 7) is 5.20. The molecule has 0 N–H and O–H groups in total. The summed E-state index contributed by atoms with van der Waals surface area (Å²) < 4.78 is 0. The molecule has 1 rings (SSSR count). The maximum absolute atomic E-state index is 11.8. The van der Waals surface area contributed by atoms with Gasteiger partial charge in [0.2, 0.25) is 0 Å². The van der Waals surface area contributed by atoms with E-state index in [-0.39, 0.29) is 23.5 Å². The van der Waals surface area contributed by atoms with E-state index < -0.39 is 16.1 Å². The monoisotopic (exact) mass is 249 g/mol. The number of nitro groups is 1. The molecule has 0 saturated carbocycles. The van der Waals surface area contributed by atoms with Crippen LogP contribution in [0.15, 0.2) is 24.3 Å². The Morgan fingerprint density at radius 2 is 1.89 bits per heavy atom. The predicted molar refractivity (Wildman–Crippen MR) is 66.5 cm³/mol. The highest BCUT2D eigenvalue weighted by Gasteiger charge is 2.24. The van der Waals surface area contributed by atoms with Gasteiger partial charge in [-0.3, -0.25) is 19.7 Å². The SMILES string of the molecule is CC(C)(C)C(=O)CC(=O)c1cccc([N+](=O)[O-])c1. The van der Waals surface area contributed by atoms with Crippen molar-refractivity contribution in [1.82, 2.24) is 0 Å². The first kappa shape index (κ1) is 14.0. The molecule has 96 valence electrons. The van der Waals surface area contributed by atoms with E-state index in [0.29, 0.717) is 0 Å². The summed E-state index contributed by atoms with van der Waals surface area (Å²) in [6, 6.07) is 5.42. The first-order valence-electron chi connectivity index (χ1n) is 5.53. The minimum absolute atomic E-state index is 0.149.